The largest absolute Gasteiger partial charge is 0.484 e. The Labute approximate surface area is 197 Å². The number of alkyl halides is 3. The molecule has 0 radical (unpaired) electrons. The zero-order chi connectivity index (χ0) is 24.7. The number of hydrogen-bond donors (Lipinski definition) is 4. The van der Waals surface area contributed by atoms with E-state index in [-0.39, 0.29) is 17.2 Å². The highest BCUT2D eigenvalue weighted by Crippen LogP contribution is 2.47. The van der Waals surface area contributed by atoms with Crippen molar-refractivity contribution in [2.24, 2.45) is 0 Å². The maximum Gasteiger partial charge on any atom is 0.406 e. The molecule has 188 valence electrons. The van der Waals surface area contributed by atoms with Gasteiger partial charge in [0.1, 0.15) is 17.6 Å². The van der Waals surface area contributed by atoms with Crippen LogP contribution in [0.1, 0.15) is 38.5 Å². The summed E-state index contributed by atoms with van der Waals surface area (Å²) in [4.78, 5) is 29.8. The molecule has 5 rings (SSSR count). The zero-order valence-electron chi connectivity index (χ0n) is 17.9. The number of hydrogen-bond acceptors (Lipinski definition) is 6. The van der Waals surface area contributed by atoms with Gasteiger partial charge in [0.15, 0.2) is 12.7 Å². The van der Waals surface area contributed by atoms with E-state index in [4.69, 9.17) is 21.2 Å². The summed E-state index contributed by atoms with van der Waals surface area (Å²) in [6, 6.07) is 1.86. The van der Waals surface area contributed by atoms with E-state index in [0.29, 0.717) is 25.7 Å². The Hall–Kier alpha value is -2.15. The number of hydroxylamine groups is 1. The second kappa shape index (κ2) is 9.14. The smallest absolute Gasteiger partial charge is 0.406 e. The molecular weight excluding hydrogens is 486 g/mol. The third-order valence-electron chi connectivity index (χ3n) is 6.85. The first-order valence-electron chi connectivity index (χ1n) is 10.8. The molecule has 3 atom stereocenters. The van der Waals surface area contributed by atoms with Gasteiger partial charge in [-0.05, 0) is 44.2 Å². The predicted molar refractivity (Wildman–Crippen MR) is 110 cm³/mol. The van der Waals surface area contributed by atoms with Gasteiger partial charge in [0.2, 0.25) is 0 Å². The van der Waals surface area contributed by atoms with Crippen molar-refractivity contribution in [1.29, 1.82) is 0 Å². The van der Waals surface area contributed by atoms with E-state index < -0.39 is 66.2 Å². The zero-order valence-corrected chi connectivity index (χ0v) is 18.6. The van der Waals surface area contributed by atoms with Gasteiger partial charge in [-0.3, -0.25) is 14.4 Å². The molecule has 0 spiro atoms. The fourth-order valence-corrected chi connectivity index (χ4v) is 4.99. The lowest BCUT2D eigenvalue weighted by Gasteiger charge is -2.56. The molecule has 0 aromatic heterocycles. The molecule has 34 heavy (non-hydrogen) atoms. The SMILES string of the molecule is O=C(COc1ccc(Cl)c(F)c1)NC12CCC(NC(=O)C3CC(C(F)(F)F)NO3)(CC1)C[C@@H]2O. The van der Waals surface area contributed by atoms with Crippen molar-refractivity contribution in [3.63, 3.8) is 0 Å². The van der Waals surface area contributed by atoms with Gasteiger partial charge in [-0.2, -0.15) is 18.7 Å². The van der Waals surface area contributed by atoms with Crippen LogP contribution in [0.25, 0.3) is 0 Å². The predicted octanol–water partition coefficient (Wildman–Crippen LogP) is 2.13. The van der Waals surface area contributed by atoms with Gasteiger partial charge in [0.25, 0.3) is 11.8 Å². The van der Waals surface area contributed by atoms with Crippen molar-refractivity contribution in [3.05, 3.63) is 29.0 Å². The molecular formula is C21H24ClF4N3O5. The molecule has 3 saturated carbocycles. The summed E-state index contributed by atoms with van der Waals surface area (Å²) >= 11 is 5.61. The maximum absolute atomic E-state index is 13.5. The molecule has 13 heteroatoms. The molecule has 1 heterocycles. The van der Waals surface area contributed by atoms with Crippen LogP contribution in [0.2, 0.25) is 5.02 Å². The summed E-state index contributed by atoms with van der Waals surface area (Å²) in [7, 11) is 0. The van der Waals surface area contributed by atoms with Crippen molar-refractivity contribution in [3.8, 4) is 5.75 Å². The van der Waals surface area contributed by atoms with Gasteiger partial charge in [-0.15, -0.1) is 0 Å². The average molecular weight is 510 g/mol. The van der Waals surface area contributed by atoms with Crippen LogP contribution in [0.4, 0.5) is 17.6 Å². The average Bonchev–Trinajstić information content (AvgIpc) is 3.27. The van der Waals surface area contributed by atoms with Gasteiger partial charge in [-0.1, -0.05) is 11.6 Å². The molecule has 2 unspecified atom stereocenters. The number of nitrogens with one attached hydrogen (secondary N) is 3. The normalized spacial score (nSPS) is 32.9. The molecule has 2 bridgehead atoms. The van der Waals surface area contributed by atoms with Crippen LogP contribution in [0.5, 0.6) is 5.75 Å². The van der Waals surface area contributed by atoms with E-state index in [9.17, 15) is 32.3 Å². The number of fused-ring (bicyclic) bond motifs is 3. The number of halogens is 5. The van der Waals surface area contributed by atoms with E-state index in [1.54, 1.807) is 0 Å². The number of aliphatic hydroxyl groups excluding tert-OH is 1. The van der Waals surface area contributed by atoms with Crippen molar-refractivity contribution >= 4 is 23.4 Å². The first-order chi connectivity index (χ1) is 15.9. The Morgan fingerprint density at radius 2 is 1.94 bits per heavy atom. The second-order valence-electron chi connectivity index (χ2n) is 9.11. The highest BCUT2D eigenvalue weighted by Gasteiger charge is 2.56. The topological polar surface area (TPSA) is 109 Å². The third kappa shape index (κ3) is 5.09. The minimum Gasteiger partial charge on any atom is -0.484 e. The second-order valence-corrected chi connectivity index (χ2v) is 9.52. The summed E-state index contributed by atoms with van der Waals surface area (Å²) in [6.07, 6.45) is -5.67. The monoisotopic (exact) mass is 509 g/mol. The number of carbonyl (C=O) groups is 2. The van der Waals surface area contributed by atoms with Crippen molar-refractivity contribution in [2.75, 3.05) is 6.61 Å². The molecule has 3 aliphatic carbocycles. The number of carbonyl (C=O) groups excluding carboxylic acids is 2. The first-order valence-corrected chi connectivity index (χ1v) is 11.2. The molecule has 1 saturated heterocycles. The van der Waals surface area contributed by atoms with E-state index in [1.807, 2.05) is 5.48 Å². The van der Waals surface area contributed by atoms with Crippen LogP contribution < -0.4 is 20.9 Å². The summed E-state index contributed by atoms with van der Waals surface area (Å²) in [5, 5.41) is 16.3. The van der Waals surface area contributed by atoms with Crippen molar-refractivity contribution in [2.45, 2.75) is 74.0 Å². The minimum atomic E-state index is -4.53. The summed E-state index contributed by atoms with van der Waals surface area (Å²) < 4.78 is 57.2. The minimum absolute atomic E-state index is 0.0743. The lowest BCUT2D eigenvalue weighted by molar-refractivity contribution is -0.165. The number of aliphatic hydroxyl groups is 1. The Balaban J connectivity index is 1.30. The van der Waals surface area contributed by atoms with Gasteiger partial charge in [0, 0.05) is 18.0 Å². The molecule has 1 aromatic rings. The third-order valence-corrected chi connectivity index (χ3v) is 7.16. The van der Waals surface area contributed by atoms with Crippen LogP contribution in [-0.4, -0.2) is 59.0 Å². The molecule has 4 fully saturated rings. The standard InChI is InChI=1S/C21H24ClF4N3O5/c22-12-2-1-11(7-13(12)23)33-10-17(31)27-20-5-3-19(4-6-20,9-16(20)30)28-18(32)14-8-15(29-34-14)21(24,25)26/h1-2,7,14-16,29-30H,3-6,8-10H2,(H,27,31)(H,28,32)/t14?,15?,16-,19?,20?/m0/s1. The van der Waals surface area contributed by atoms with Crippen LogP contribution in [0, 0.1) is 5.82 Å². The lowest BCUT2D eigenvalue weighted by Crippen LogP contribution is -2.70. The Kier molecular flexibility index (Phi) is 6.71. The summed E-state index contributed by atoms with van der Waals surface area (Å²) in [5.74, 6) is -1.73. The Morgan fingerprint density at radius 1 is 1.24 bits per heavy atom. The first kappa shape index (κ1) is 25.0. The fraction of sp³-hybridized carbons (Fsp3) is 0.619. The lowest BCUT2D eigenvalue weighted by atomic mass is 9.60. The molecule has 1 aliphatic heterocycles. The molecule has 8 nitrogen and oxygen atoms in total. The molecule has 4 aliphatic rings. The fourth-order valence-electron chi connectivity index (χ4n) is 4.87. The highest BCUT2D eigenvalue weighted by molar-refractivity contribution is 6.30. The highest BCUT2D eigenvalue weighted by atomic mass is 35.5. The molecule has 2 amide bonds. The molecule has 4 N–H and O–H groups in total. The quantitative estimate of drug-likeness (QED) is 0.438. The Morgan fingerprint density at radius 3 is 2.53 bits per heavy atom. The van der Waals surface area contributed by atoms with Gasteiger partial charge in [-0.25, -0.2) is 4.39 Å². The van der Waals surface area contributed by atoms with E-state index >= 15 is 0 Å². The van der Waals surface area contributed by atoms with Gasteiger partial charge in [0.05, 0.1) is 16.7 Å². The summed E-state index contributed by atoms with van der Waals surface area (Å²) in [5.41, 5.74) is 0.146. The number of ether oxygens (including phenoxy) is 1. The van der Waals surface area contributed by atoms with Gasteiger partial charge < -0.3 is 20.5 Å². The summed E-state index contributed by atoms with van der Waals surface area (Å²) in [6.45, 7) is -0.399. The maximum atomic E-state index is 13.5. The molecule has 1 aromatic carbocycles. The number of benzene rings is 1. The van der Waals surface area contributed by atoms with Crippen molar-refractivity contribution in [1.82, 2.24) is 16.1 Å². The van der Waals surface area contributed by atoms with E-state index in [2.05, 4.69) is 10.6 Å². The van der Waals surface area contributed by atoms with E-state index in [0.717, 1.165) is 6.07 Å². The van der Waals surface area contributed by atoms with Crippen LogP contribution in [-0.2, 0) is 14.4 Å². The van der Waals surface area contributed by atoms with Crippen molar-refractivity contribution < 1.29 is 41.8 Å². The van der Waals surface area contributed by atoms with Crippen LogP contribution in [0.3, 0.4) is 0 Å². The number of rotatable bonds is 6. The Bertz CT molecular complexity index is 955. The van der Waals surface area contributed by atoms with Crippen LogP contribution >= 0.6 is 11.6 Å². The number of amides is 2. The van der Waals surface area contributed by atoms with E-state index in [1.165, 1.54) is 12.1 Å². The van der Waals surface area contributed by atoms with Gasteiger partial charge >= 0.3 is 6.18 Å². The van der Waals surface area contributed by atoms with Crippen LogP contribution in [0.15, 0.2) is 18.2 Å².